The van der Waals surface area contributed by atoms with Gasteiger partial charge in [0.25, 0.3) is 5.56 Å². The van der Waals surface area contributed by atoms with Crippen LogP contribution in [0.15, 0.2) is 23.0 Å². The normalized spacial score (nSPS) is 20.7. The summed E-state index contributed by atoms with van der Waals surface area (Å²) in [7, 11) is 3.18. The summed E-state index contributed by atoms with van der Waals surface area (Å²) < 4.78 is 24.8. The van der Waals surface area contributed by atoms with Crippen molar-refractivity contribution in [2.45, 2.75) is 44.9 Å². The van der Waals surface area contributed by atoms with Crippen molar-refractivity contribution in [2.24, 2.45) is 5.92 Å². The number of methoxy groups -OCH3 is 1. The third-order valence-electron chi connectivity index (χ3n) is 6.57. The van der Waals surface area contributed by atoms with Crippen molar-refractivity contribution in [1.29, 1.82) is 0 Å². The van der Waals surface area contributed by atoms with Gasteiger partial charge in [-0.2, -0.15) is 0 Å². The van der Waals surface area contributed by atoms with Gasteiger partial charge in [-0.05, 0) is 30.9 Å². The largest absolute Gasteiger partial charge is 0.493 e. The molecular formula is C25H28N2O8. The number of ether oxygens (including phenoxy) is 4. The van der Waals surface area contributed by atoms with Crippen molar-refractivity contribution in [1.82, 2.24) is 9.47 Å². The molecule has 5 rings (SSSR count). The number of hydrogen-bond donors (Lipinski definition) is 1. The molecular weight excluding hydrogens is 456 g/mol. The molecule has 186 valence electrons. The number of amides is 1. The first kappa shape index (κ1) is 23.1. The fraction of sp³-hybridized carbons (Fsp3) is 0.480. The number of pyridine rings is 1. The second kappa shape index (κ2) is 8.51. The smallest absolute Gasteiger partial charge is 0.410 e. The Hall–Kier alpha value is -3.69. The van der Waals surface area contributed by atoms with Gasteiger partial charge in [0, 0.05) is 30.3 Å². The average Bonchev–Trinajstić information content (AvgIpc) is 3.60. The molecule has 2 aromatic rings. The van der Waals surface area contributed by atoms with Gasteiger partial charge in [-0.1, -0.05) is 13.8 Å². The van der Waals surface area contributed by atoms with Gasteiger partial charge in [-0.15, -0.1) is 0 Å². The number of nitrogens with zero attached hydrogens (tertiary/aromatic N) is 2. The third-order valence-corrected chi connectivity index (χ3v) is 6.57. The summed E-state index contributed by atoms with van der Waals surface area (Å²) in [4.78, 5) is 38.2. The van der Waals surface area contributed by atoms with Gasteiger partial charge in [0.15, 0.2) is 17.6 Å². The highest BCUT2D eigenvalue weighted by Crippen LogP contribution is 2.51. The van der Waals surface area contributed by atoms with Crippen LogP contribution in [0, 0.1) is 5.92 Å². The number of likely N-dealkylation sites (N-methyl/N-ethyl adjacent to an activating group) is 1. The summed E-state index contributed by atoms with van der Waals surface area (Å²) in [6.45, 7) is 4.53. The standard InChI is InChI=1S/C25H28N2O8/c1-12(2)22-16-7-17(24(29)30)23(28)27(13-5-6-13)21(16)15-8-19(32-4)20(9-18(15)35-22)33-11-14-10-26(3)25(31)34-14/h7-9,12-14,22H,5-6,10-11H2,1-4H3,(H,29,30). The molecule has 2 atom stereocenters. The molecule has 0 radical (unpaired) electrons. The van der Waals surface area contributed by atoms with E-state index in [1.54, 1.807) is 23.7 Å². The summed E-state index contributed by atoms with van der Waals surface area (Å²) in [6, 6.07) is 4.88. The van der Waals surface area contributed by atoms with Crippen LogP contribution in [0.5, 0.6) is 17.2 Å². The average molecular weight is 485 g/mol. The number of carbonyl (C=O) groups is 2. The van der Waals surface area contributed by atoms with E-state index in [9.17, 15) is 19.5 Å². The van der Waals surface area contributed by atoms with E-state index in [2.05, 4.69) is 0 Å². The predicted octanol–water partition coefficient (Wildman–Crippen LogP) is 3.48. The van der Waals surface area contributed by atoms with E-state index < -0.39 is 29.8 Å². The maximum absolute atomic E-state index is 13.2. The van der Waals surface area contributed by atoms with Crippen LogP contribution in [0.2, 0.25) is 0 Å². The van der Waals surface area contributed by atoms with E-state index in [1.165, 1.54) is 18.1 Å². The Labute approximate surface area is 202 Å². The molecule has 35 heavy (non-hydrogen) atoms. The molecule has 0 spiro atoms. The number of aromatic carboxylic acids is 1. The zero-order chi connectivity index (χ0) is 25.0. The minimum Gasteiger partial charge on any atom is -0.493 e. The predicted molar refractivity (Wildman–Crippen MR) is 125 cm³/mol. The fourth-order valence-electron chi connectivity index (χ4n) is 4.70. The molecule has 1 saturated heterocycles. The molecule has 0 bridgehead atoms. The highest BCUT2D eigenvalue weighted by Gasteiger charge is 2.38. The van der Waals surface area contributed by atoms with E-state index in [0.29, 0.717) is 40.6 Å². The first-order valence-corrected chi connectivity index (χ1v) is 11.7. The van der Waals surface area contributed by atoms with E-state index >= 15 is 0 Å². The van der Waals surface area contributed by atoms with Gasteiger partial charge in [-0.3, -0.25) is 4.79 Å². The van der Waals surface area contributed by atoms with E-state index in [-0.39, 0.29) is 24.1 Å². The van der Waals surface area contributed by atoms with Crippen LogP contribution in [0.1, 0.15) is 54.8 Å². The number of aromatic nitrogens is 1. The number of cyclic esters (lactones) is 1. The molecule has 1 aromatic heterocycles. The number of carbonyl (C=O) groups excluding carboxylic acids is 1. The van der Waals surface area contributed by atoms with Crippen LogP contribution in [-0.4, -0.2) is 60.0 Å². The molecule has 3 aliphatic rings. The fourth-order valence-corrected chi connectivity index (χ4v) is 4.70. The Kier molecular flexibility index (Phi) is 5.61. The van der Waals surface area contributed by atoms with E-state index in [1.807, 2.05) is 13.8 Å². The number of carboxylic acid groups (broad SMARTS) is 1. The van der Waals surface area contributed by atoms with Crippen LogP contribution in [0.3, 0.4) is 0 Å². The van der Waals surface area contributed by atoms with Gasteiger partial charge in [0.05, 0.1) is 19.3 Å². The highest BCUT2D eigenvalue weighted by atomic mass is 16.6. The Morgan fingerprint density at radius 3 is 2.49 bits per heavy atom. The number of hydrogen-bond acceptors (Lipinski definition) is 7. The monoisotopic (exact) mass is 484 g/mol. The van der Waals surface area contributed by atoms with Gasteiger partial charge in [-0.25, -0.2) is 9.59 Å². The summed E-state index contributed by atoms with van der Waals surface area (Å²) in [5.74, 6) is 0.125. The Bertz CT molecular complexity index is 1260. The summed E-state index contributed by atoms with van der Waals surface area (Å²) in [5, 5.41) is 9.69. The van der Waals surface area contributed by atoms with Crippen molar-refractivity contribution in [3.05, 3.63) is 39.7 Å². The van der Waals surface area contributed by atoms with Crippen molar-refractivity contribution >= 4 is 12.1 Å². The SMILES string of the molecule is COc1cc2c(cc1OCC1CN(C)C(=O)O1)OC(C(C)C)c1cc(C(=O)O)c(=O)n(C3CC3)c1-2. The Balaban J connectivity index is 1.61. The highest BCUT2D eigenvalue weighted by molar-refractivity contribution is 5.89. The lowest BCUT2D eigenvalue weighted by molar-refractivity contribution is 0.0693. The van der Waals surface area contributed by atoms with Crippen LogP contribution >= 0.6 is 0 Å². The second-order valence-electron chi connectivity index (χ2n) is 9.55. The molecule has 10 nitrogen and oxygen atoms in total. The zero-order valence-corrected chi connectivity index (χ0v) is 20.1. The second-order valence-corrected chi connectivity index (χ2v) is 9.55. The molecule has 1 N–H and O–H groups in total. The summed E-state index contributed by atoms with van der Waals surface area (Å²) in [5.41, 5.74) is 1.22. The maximum atomic E-state index is 13.2. The lowest BCUT2D eigenvalue weighted by Gasteiger charge is -2.33. The van der Waals surface area contributed by atoms with Crippen LogP contribution < -0.4 is 19.8 Å². The molecule has 1 aliphatic carbocycles. The number of carboxylic acids is 1. The Morgan fingerprint density at radius 2 is 1.91 bits per heavy atom. The lowest BCUT2D eigenvalue weighted by atomic mass is 9.89. The number of fused-ring (bicyclic) bond motifs is 3. The zero-order valence-electron chi connectivity index (χ0n) is 20.1. The minimum absolute atomic E-state index is 0.00797. The van der Waals surface area contributed by atoms with Crippen molar-refractivity contribution in [2.75, 3.05) is 27.3 Å². The minimum atomic E-state index is -1.25. The molecule has 2 fully saturated rings. The van der Waals surface area contributed by atoms with Crippen LogP contribution in [-0.2, 0) is 4.74 Å². The topological polar surface area (TPSA) is 117 Å². The molecule has 1 amide bonds. The molecule has 2 aliphatic heterocycles. The van der Waals surface area contributed by atoms with Crippen molar-refractivity contribution < 1.29 is 33.6 Å². The third kappa shape index (κ3) is 3.96. The lowest BCUT2D eigenvalue weighted by Crippen LogP contribution is -2.32. The molecule has 1 saturated carbocycles. The molecule has 3 heterocycles. The first-order valence-electron chi connectivity index (χ1n) is 11.7. The molecule has 1 aromatic carbocycles. The maximum Gasteiger partial charge on any atom is 0.410 e. The number of benzene rings is 1. The van der Waals surface area contributed by atoms with E-state index in [0.717, 1.165) is 12.8 Å². The van der Waals surface area contributed by atoms with Crippen molar-refractivity contribution in [3.8, 4) is 28.5 Å². The van der Waals surface area contributed by atoms with Crippen LogP contribution in [0.4, 0.5) is 4.79 Å². The molecule has 2 unspecified atom stereocenters. The first-order chi connectivity index (χ1) is 16.7. The van der Waals surface area contributed by atoms with Crippen LogP contribution in [0.25, 0.3) is 11.3 Å². The summed E-state index contributed by atoms with van der Waals surface area (Å²) in [6.07, 6.45) is 0.365. The van der Waals surface area contributed by atoms with E-state index in [4.69, 9.17) is 18.9 Å². The van der Waals surface area contributed by atoms with Crippen molar-refractivity contribution in [3.63, 3.8) is 0 Å². The quantitative estimate of drug-likeness (QED) is 0.635. The summed E-state index contributed by atoms with van der Waals surface area (Å²) >= 11 is 0. The van der Waals surface area contributed by atoms with Gasteiger partial charge >= 0.3 is 12.1 Å². The van der Waals surface area contributed by atoms with Gasteiger partial charge < -0.3 is 33.5 Å². The Morgan fingerprint density at radius 1 is 1.17 bits per heavy atom. The van der Waals surface area contributed by atoms with Gasteiger partial charge in [0.2, 0.25) is 0 Å². The number of rotatable bonds is 7. The van der Waals surface area contributed by atoms with Gasteiger partial charge in [0.1, 0.15) is 24.0 Å². The molecule has 10 heteroatoms.